The minimum Gasteiger partial charge on any atom is -0.497 e. The monoisotopic (exact) mass is 398 g/mol. The molecule has 2 amide bonds. The molecule has 2 heterocycles. The Morgan fingerprint density at radius 3 is 3.03 bits per heavy atom. The first-order valence-electron chi connectivity index (χ1n) is 9.51. The maximum atomic E-state index is 13.5. The van der Waals surface area contributed by atoms with Crippen molar-refractivity contribution >= 4 is 17.1 Å². The highest BCUT2D eigenvalue weighted by Gasteiger charge is 2.22. The molecule has 4 rings (SSSR count). The van der Waals surface area contributed by atoms with E-state index in [0.29, 0.717) is 12.4 Å². The highest BCUT2D eigenvalue weighted by molar-refractivity contribution is 5.78. The lowest BCUT2D eigenvalue weighted by Gasteiger charge is -2.18. The molecule has 3 aromatic rings. The first-order valence-corrected chi connectivity index (χ1v) is 9.51. The normalized spacial score (nSPS) is 15.9. The van der Waals surface area contributed by atoms with Gasteiger partial charge in [-0.05, 0) is 31.0 Å². The number of benzene rings is 2. The number of hydrogen-bond donors (Lipinski definition) is 2. The summed E-state index contributed by atoms with van der Waals surface area (Å²) in [6.07, 6.45) is 1.49. The number of carbonyl (C=O) groups excluding carboxylic acids is 1. The molecule has 1 atom stereocenters. The summed E-state index contributed by atoms with van der Waals surface area (Å²) < 4.78 is 26.3. The van der Waals surface area contributed by atoms with Crippen molar-refractivity contribution < 1.29 is 18.7 Å². The summed E-state index contributed by atoms with van der Waals surface area (Å²) in [6, 6.07) is 9.54. The number of fused-ring (bicyclic) bond motifs is 2. The van der Waals surface area contributed by atoms with Gasteiger partial charge in [0.1, 0.15) is 23.1 Å². The van der Waals surface area contributed by atoms with Gasteiger partial charge in [-0.25, -0.2) is 14.2 Å². The molecule has 1 aliphatic rings. The minimum absolute atomic E-state index is 0.238. The first-order chi connectivity index (χ1) is 14.0. The van der Waals surface area contributed by atoms with Crippen LogP contribution in [-0.2, 0) is 13.6 Å². The number of rotatable bonds is 4. The van der Waals surface area contributed by atoms with Crippen molar-refractivity contribution in [3.8, 4) is 11.5 Å². The van der Waals surface area contributed by atoms with Crippen LogP contribution in [0.5, 0.6) is 11.5 Å². The molecule has 0 radical (unpaired) electrons. The summed E-state index contributed by atoms with van der Waals surface area (Å²) in [5.41, 5.74) is 2.55. The number of aryl methyl sites for hydroxylation is 1. The lowest BCUT2D eigenvalue weighted by Crippen LogP contribution is -2.38. The molecule has 2 N–H and O–H groups in total. The van der Waals surface area contributed by atoms with Crippen LogP contribution in [0, 0.1) is 5.82 Å². The van der Waals surface area contributed by atoms with Crippen LogP contribution in [0.4, 0.5) is 9.18 Å². The number of halogens is 1. The number of nitrogens with one attached hydrogen (secondary N) is 2. The van der Waals surface area contributed by atoms with Crippen LogP contribution in [0.25, 0.3) is 11.0 Å². The van der Waals surface area contributed by atoms with Gasteiger partial charge in [-0.3, -0.25) is 0 Å². The van der Waals surface area contributed by atoms with Gasteiger partial charge in [0, 0.05) is 24.7 Å². The summed E-state index contributed by atoms with van der Waals surface area (Å²) in [4.78, 5) is 17.1. The van der Waals surface area contributed by atoms with Crippen LogP contribution in [0.3, 0.4) is 0 Å². The molecular weight excluding hydrogens is 375 g/mol. The van der Waals surface area contributed by atoms with E-state index in [9.17, 15) is 9.18 Å². The molecule has 0 aliphatic carbocycles. The molecule has 0 saturated heterocycles. The van der Waals surface area contributed by atoms with Crippen molar-refractivity contribution in [1.29, 1.82) is 0 Å². The summed E-state index contributed by atoms with van der Waals surface area (Å²) in [6.45, 7) is 0.776. The molecule has 0 spiro atoms. The van der Waals surface area contributed by atoms with E-state index in [4.69, 9.17) is 9.47 Å². The summed E-state index contributed by atoms with van der Waals surface area (Å²) in [5.74, 6) is 1.60. The summed E-state index contributed by atoms with van der Waals surface area (Å²) in [5, 5.41) is 5.83. The van der Waals surface area contributed by atoms with Gasteiger partial charge >= 0.3 is 6.03 Å². The number of aromatic nitrogens is 2. The average Bonchev–Trinajstić information content (AvgIpc) is 2.90. The fourth-order valence-electron chi connectivity index (χ4n) is 3.58. The molecule has 1 aliphatic heterocycles. The molecule has 29 heavy (non-hydrogen) atoms. The highest BCUT2D eigenvalue weighted by atomic mass is 19.1. The number of hydrogen-bond acceptors (Lipinski definition) is 4. The molecule has 8 heteroatoms. The summed E-state index contributed by atoms with van der Waals surface area (Å²) in [7, 11) is 3.52. The maximum absolute atomic E-state index is 13.5. The van der Waals surface area contributed by atoms with E-state index >= 15 is 0 Å². The number of carbonyl (C=O) groups is 1. The lowest BCUT2D eigenvalue weighted by atomic mass is 10.0. The van der Waals surface area contributed by atoms with Gasteiger partial charge in [0.15, 0.2) is 0 Å². The van der Waals surface area contributed by atoms with Crippen LogP contribution in [0.1, 0.15) is 30.3 Å². The van der Waals surface area contributed by atoms with E-state index < -0.39 is 0 Å². The Morgan fingerprint density at radius 1 is 1.34 bits per heavy atom. The second-order valence-corrected chi connectivity index (χ2v) is 6.99. The van der Waals surface area contributed by atoms with Gasteiger partial charge in [0.25, 0.3) is 0 Å². The van der Waals surface area contributed by atoms with Crippen molar-refractivity contribution in [3.05, 3.63) is 53.6 Å². The van der Waals surface area contributed by atoms with E-state index in [1.807, 2.05) is 29.8 Å². The Morgan fingerprint density at radius 2 is 2.21 bits per heavy atom. The van der Waals surface area contributed by atoms with Crippen molar-refractivity contribution in [2.75, 3.05) is 13.7 Å². The quantitative estimate of drug-likeness (QED) is 0.706. The van der Waals surface area contributed by atoms with Crippen molar-refractivity contribution in [2.45, 2.75) is 25.4 Å². The van der Waals surface area contributed by atoms with E-state index in [-0.39, 0.29) is 24.4 Å². The Labute approximate surface area is 167 Å². The third-order valence-electron chi connectivity index (χ3n) is 5.14. The zero-order valence-corrected chi connectivity index (χ0v) is 16.4. The minimum atomic E-state index is -0.354. The SMILES string of the molecule is COc1ccc2c(c1)nc(CNC(=O)NC1CCCOc3cc(F)ccc31)n2C. The average molecular weight is 398 g/mol. The second-order valence-electron chi connectivity index (χ2n) is 6.99. The molecule has 152 valence electrons. The number of urea groups is 1. The first kappa shape index (κ1) is 19.0. The predicted molar refractivity (Wildman–Crippen MR) is 107 cm³/mol. The zero-order chi connectivity index (χ0) is 20.4. The van der Waals surface area contributed by atoms with Gasteiger partial charge in [0.2, 0.25) is 0 Å². The number of amides is 2. The van der Waals surface area contributed by atoms with Gasteiger partial charge < -0.3 is 24.7 Å². The third-order valence-corrected chi connectivity index (χ3v) is 5.14. The Bertz CT molecular complexity index is 1050. The van der Waals surface area contributed by atoms with E-state index in [1.165, 1.54) is 12.1 Å². The van der Waals surface area contributed by atoms with Crippen molar-refractivity contribution in [1.82, 2.24) is 20.2 Å². The van der Waals surface area contributed by atoms with Gasteiger partial charge in [-0.1, -0.05) is 6.07 Å². The molecule has 0 fully saturated rings. The third kappa shape index (κ3) is 3.96. The molecule has 0 saturated carbocycles. The molecule has 1 unspecified atom stereocenters. The van der Waals surface area contributed by atoms with Crippen LogP contribution in [0.2, 0.25) is 0 Å². The number of methoxy groups -OCH3 is 1. The van der Waals surface area contributed by atoms with Gasteiger partial charge in [-0.15, -0.1) is 0 Å². The lowest BCUT2D eigenvalue weighted by molar-refractivity contribution is 0.235. The van der Waals surface area contributed by atoms with E-state index in [2.05, 4.69) is 15.6 Å². The van der Waals surface area contributed by atoms with Gasteiger partial charge in [0.05, 0.1) is 37.3 Å². The topological polar surface area (TPSA) is 77.4 Å². The Balaban J connectivity index is 1.44. The molecule has 0 bridgehead atoms. The maximum Gasteiger partial charge on any atom is 0.315 e. The Hall–Kier alpha value is -3.29. The number of nitrogens with zero attached hydrogens (tertiary/aromatic N) is 2. The molecule has 1 aromatic heterocycles. The van der Waals surface area contributed by atoms with Crippen LogP contribution < -0.4 is 20.1 Å². The largest absolute Gasteiger partial charge is 0.497 e. The van der Waals surface area contributed by atoms with E-state index in [1.54, 1.807) is 13.2 Å². The smallest absolute Gasteiger partial charge is 0.315 e. The van der Waals surface area contributed by atoms with Crippen molar-refractivity contribution in [3.63, 3.8) is 0 Å². The fourth-order valence-corrected chi connectivity index (χ4v) is 3.58. The summed E-state index contributed by atoms with van der Waals surface area (Å²) >= 11 is 0. The highest BCUT2D eigenvalue weighted by Crippen LogP contribution is 2.32. The predicted octanol–water partition coefficient (Wildman–Crippen LogP) is 3.43. The molecule has 2 aromatic carbocycles. The van der Waals surface area contributed by atoms with Gasteiger partial charge in [-0.2, -0.15) is 0 Å². The number of imidazole rings is 1. The zero-order valence-electron chi connectivity index (χ0n) is 16.4. The molecule has 7 nitrogen and oxygen atoms in total. The van der Waals surface area contributed by atoms with Crippen molar-refractivity contribution in [2.24, 2.45) is 7.05 Å². The van der Waals surface area contributed by atoms with Crippen LogP contribution in [0.15, 0.2) is 36.4 Å². The van der Waals surface area contributed by atoms with Crippen LogP contribution in [-0.4, -0.2) is 29.3 Å². The van der Waals surface area contributed by atoms with E-state index in [0.717, 1.165) is 41.0 Å². The number of ether oxygens (including phenoxy) is 2. The fraction of sp³-hybridized carbons (Fsp3) is 0.333. The Kier molecular flexibility index (Phi) is 5.24. The van der Waals surface area contributed by atoms with Crippen LogP contribution >= 0.6 is 0 Å². The standard InChI is InChI=1S/C21H23FN4O3/c1-26-18-8-6-14(28-2)11-17(18)24-20(26)12-23-21(27)25-16-4-3-9-29-19-10-13(22)5-7-15(16)19/h5-8,10-11,16H,3-4,9,12H2,1-2H3,(H2,23,25,27). The second kappa shape index (κ2) is 7.98. The molecular formula is C21H23FN4O3.